The zero-order valence-electron chi connectivity index (χ0n) is 15.2. The largest absolute Gasteiger partial charge is 0.411 e. The molecule has 2 aromatic carbocycles. The molecule has 0 saturated carbocycles. The summed E-state index contributed by atoms with van der Waals surface area (Å²) in [5.74, 6) is 0.243. The molecular formula is C20H15BrN4O2S2. The summed E-state index contributed by atoms with van der Waals surface area (Å²) in [6.07, 6.45) is 0. The number of aromatic nitrogens is 3. The van der Waals surface area contributed by atoms with Crippen molar-refractivity contribution in [1.82, 2.24) is 15.2 Å². The van der Waals surface area contributed by atoms with Gasteiger partial charge in [0.1, 0.15) is 0 Å². The first-order chi connectivity index (χ1) is 14.1. The summed E-state index contributed by atoms with van der Waals surface area (Å²) >= 11 is 5.99. The van der Waals surface area contributed by atoms with Gasteiger partial charge in [-0.2, -0.15) is 0 Å². The second-order valence-corrected chi connectivity index (χ2v) is 9.10. The number of amides is 1. The van der Waals surface area contributed by atoms with Crippen molar-refractivity contribution >= 4 is 50.1 Å². The van der Waals surface area contributed by atoms with Gasteiger partial charge in [-0.3, -0.25) is 4.79 Å². The van der Waals surface area contributed by atoms with Crippen LogP contribution in [-0.4, -0.2) is 26.3 Å². The summed E-state index contributed by atoms with van der Waals surface area (Å²) in [7, 11) is 0. The van der Waals surface area contributed by atoms with Gasteiger partial charge in [0.25, 0.3) is 5.22 Å². The molecule has 0 aliphatic carbocycles. The highest BCUT2D eigenvalue weighted by atomic mass is 79.9. The zero-order chi connectivity index (χ0) is 20.2. The van der Waals surface area contributed by atoms with E-state index in [1.165, 1.54) is 23.1 Å². The molecule has 1 amide bonds. The number of rotatable bonds is 6. The Bertz CT molecular complexity index is 1110. The summed E-state index contributed by atoms with van der Waals surface area (Å²) in [6.45, 7) is 1.79. The molecule has 4 rings (SSSR count). The smallest absolute Gasteiger partial charge is 0.277 e. The number of thiazole rings is 1. The molecule has 0 aliphatic heterocycles. The third-order valence-electron chi connectivity index (χ3n) is 3.95. The quantitative estimate of drug-likeness (QED) is 0.349. The maximum Gasteiger partial charge on any atom is 0.277 e. The highest BCUT2D eigenvalue weighted by Crippen LogP contribution is 2.29. The van der Waals surface area contributed by atoms with E-state index in [0.29, 0.717) is 16.2 Å². The van der Waals surface area contributed by atoms with Gasteiger partial charge < -0.3 is 9.73 Å². The molecule has 0 radical (unpaired) electrons. The first kappa shape index (κ1) is 19.8. The van der Waals surface area contributed by atoms with Crippen LogP contribution in [0.25, 0.3) is 22.7 Å². The van der Waals surface area contributed by atoms with E-state index in [4.69, 9.17) is 4.42 Å². The van der Waals surface area contributed by atoms with E-state index in [9.17, 15) is 4.79 Å². The fourth-order valence-corrected chi connectivity index (χ4v) is 4.12. The van der Waals surface area contributed by atoms with Crippen LogP contribution in [0.2, 0.25) is 0 Å². The fraction of sp³-hybridized carbons (Fsp3) is 0.100. The van der Waals surface area contributed by atoms with Gasteiger partial charge in [-0.25, -0.2) is 4.98 Å². The van der Waals surface area contributed by atoms with Crippen molar-refractivity contribution in [2.75, 3.05) is 5.32 Å². The Morgan fingerprint density at radius 1 is 1.10 bits per heavy atom. The number of benzene rings is 2. The number of halogens is 1. The van der Waals surface area contributed by atoms with Gasteiger partial charge in [0.05, 0.1) is 10.9 Å². The van der Waals surface area contributed by atoms with Crippen LogP contribution in [0.1, 0.15) is 6.92 Å². The van der Waals surface area contributed by atoms with Gasteiger partial charge in [0.15, 0.2) is 5.13 Å². The molecule has 0 bridgehead atoms. The molecule has 0 aliphatic rings. The molecule has 4 aromatic rings. The third-order valence-corrected chi connectivity index (χ3v) is 6.17. The first-order valence-corrected chi connectivity index (χ1v) is 11.2. The molecule has 2 heterocycles. The molecule has 2 aromatic heterocycles. The fourth-order valence-electron chi connectivity index (χ4n) is 2.45. The van der Waals surface area contributed by atoms with E-state index >= 15 is 0 Å². The van der Waals surface area contributed by atoms with Crippen molar-refractivity contribution in [2.24, 2.45) is 0 Å². The maximum absolute atomic E-state index is 12.5. The number of nitrogens with one attached hydrogen (secondary N) is 1. The number of thioether (sulfide) groups is 1. The standard InChI is InChI=1S/C20H15BrN4O2S2/c1-12(29-20-25-24-18(27-20)14-7-9-15(21)10-8-14)17(26)23-19-22-16(11-28-19)13-5-3-2-4-6-13/h2-12H,1H3,(H,22,23,26). The van der Waals surface area contributed by atoms with Crippen molar-refractivity contribution in [3.63, 3.8) is 0 Å². The van der Waals surface area contributed by atoms with Gasteiger partial charge in [0, 0.05) is 21.0 Å². The number of nitrogens with zero attached hydrogens (tertiary/aromatic N) is 3. The van der Waals surface area contributed by atoms with E-state index in [-0.39, 0.29) is 5.91 Å². The predicted octanol–water partition coefficient (Wildman–Crippen LogP) is 5.74. The Kier molecular flexibility index (Phi) is 6.08. The summed E-state index contributed by atoms with van der Waals surface area (Å²) in [4.78, 5) is 17.0. The molecule has 6 nitrogen and oxygen atoms in total. The molecule has 146 valence electrons. The van der Waals surface area contributed by atoms with Crippen LogP contribution in [0.15, 0.2) is 74.1 Å². The number of anilines is 1. The molecule has 0 fully saturated rings. The lowest BCUT2D eigenvalue weighted by Gasteiger charge is -2.07. The van der Waals surface area contributed by atoms with Gasteiger partial charge in [-0.05, 0) is 31.2 Å². The van der Waals surface area contributed by atoms with Crippen LogP contribution in [0, 0.1) is 0 Å². The van der Waals surface area contributed by atoms with E-state index in [1.807, 2.05) is 60.0 Å². The van der Waals surface area contributed by atoms with E-state index in [0.717, 1.165) is 21.3 Å². The minimum Gasteiger partial charge on any atom is -0.411 e. The highest BCUT2D eigenvalue weighted by molar-refractivity contribution is 9.10. The molecule has 29 heavy (non-hydrogen) atoms. The van der Waals surface area contributed by atoms with Gasteiger partial charge in [-0.15, -0.1) is 21.5 Å². The molecular weight excluding hydrogens is 472 g/mol. The normalized spacial score (nSPS) is 11.9. The Morgan fingerprint density at radius 2 is 1.86 bits per heavy atom. The number of hydrogen-bond donors (Lipinski definition) is 1. The second-order valence-electron chi connectivity index (χ2n) is 6.03. The van der Waals surface area contributed by atoms with Crippen LogP contribution >= 0.6 is 39.0 Å². The molecule has 1 unspecified atom stereocenters. The Labute approximate surface area is 183 Å². The highest BCUT2D eigenvalue weighted by Gasteiger charge is 2.20. The Hall–Kier alpha value is -2.49. The van der Waals surface area contributed by atoms with E-state index in [1.54, 1.807) is 6.92 Å². The Balaban J connectivity index is 1.38. The summed E-state index contributed by atoms with van der Waals surface area (Å²) < 4.78 is 6.65. The predicted molar refractivity (Wildman–Crippen MR) is 119 cm³/mol. The summed E-state index contributed by atoms with van der Waals surface area (Å²) in [5.41, 5.74) is 2.67. The summed E-state index contributed by atoms with van der Waals surface area (Å²) in [5, 5.41) is 13.3. The topological polar surface area (TPSA) is 80.9 Å². The van der Waals surface area contributed by atoms with Crippen LogP contribution in [0.5, 0.6) is 0 Å². The molecule has 1 atom stereocenters. The average molecular weight is 487 g/mol. The van der Waals surface area contributed by atoms with Gasteiger partial charge >= 0.3 is 0 Å². The lowest BCUT2D eigenvalue weighted by Crippen LogP contribution is -2.22. The van der Waals surface area contributed by atoms with Crippen LogP contribution in [-0.2, 0) is 4.79 Å². The zero-order valence-corrected chi connectivity index (χ0v) is 18.4. The Morgan fingerprint density at radius 3 is 2.62 bits per heavy atom. The average Bonchev–Trinajstić information content (AvgIpc) is 3.39. The molecule has 1 N–H and O–H groups in total. The number of carbonyl (C=O) groups is 1. The first-order valence-electron chi connectivity index (χ1n) is 8.66. The number of carbonyl (C=O) groups excluding carboxylic acids is 1. The van der Waals surface area contributed by atoms with Crippen molar-refractivity contribution in [3.8, 4) is 22.7 Å². The van der Waals surface area contributed by atoms with E-state index in [2.05, 4.69) is 36.4 Å². The van der Waals surface area contributed by atoms with Crippen molar-refractivity contribution in [3.05, 3.63) is 64.5 Å². The molecule has 0 spiro atoms. The minimum atomic E-state index is -0.419. The SMILES string of the molecule is CC(Sc1nnc(-c2ccc(Br)cc2)o1)C(=O)Nc1nc(-c2ccccc2)cs1. The third kappa shape index (κ3) is 4.92. The monoisotopic (exact) mass is 486 g/mol. The lowest BCUT2D eigenvalue weighted by atomic mass is 10.2. The van der Waals surface area contributed by atoms with Gasteiger partial charge in [0.2, 0.25) is 11.8 Å². The maximum atomic E-state index is 12.5. The molecule has 0 saturated heterocycles. The van der Waals surface area contributed by atoms with Crippen molar-refractivity contribution in [2.45, 2.75) is 17.4 Å². The van der Waals surface area contributed by atoms with Crippen molar-refractivity contribution < 1.29 is 9.21 Å². The van der Waals surface area contributed by atoms with Crippen LogP contribution < -0.4 is 5.32 Å². The van der Waals surface area contributed by atoms with Crippen molar-refractivity contribution in [1.29, 1.82) is 0 Å². The number of hydrogen-bond acceptors (Lipinski definition) is 7. The molecule has 9 heteroatoms. The van der Waals surface area contributed by atoms with Gasteiger partial charge in [-0.1, -0.05) is 58.0 Å². The summed E-state index contributed by atoms with van der Waals surface area (Å²) in [6, 6.07) is 17.4. The van der Waals surface area contributed by atoms with Crippen LogP contribution in [0.4, 0.5) is 5.13 Å². The van der Waals surface area contributed by atoms with E-state index < -0.39 is 5.25 Å². The van der Waals surface area contributed by atoms with Crippen LogP contribution in [0.3, 0.4) is 0 Å². The minimum absolute atomic E-state index is 0.174. The lowest BCUT2D eigenvalue weighted by molar-refractivity contribution is -0.115. The second kappa shape index (κ2) is 8.89.